The monoisotopic (exact) mass is 283 g/mol. The Morgan fingerprint density at radius 3 is 2.52 bits per heavy atom. The average molecular weight is 283 g/mol. The highest BCUT2D eigenvalue weighted by Gasteiger charge is 2.13. The lowest BCUT2D eigenvalue weighted by Crippen LogP contribution is -2.22. The van der Waals surface area contributed by atoms with E-state index >= 15 is 0 Å². The maximum Gasteiger partial charge on any atom is 0.267 e. The number of anilines is 1. The van der Waals surface area contributed by atoms with E-state index in [1.165, 1.54) is 12.8 Å². The Balaban J connectivity index is 2.08. The van der Waals surface area contributed by atoms with E-state index in [0.717, 1.165) is 37.2 Å². The molecule has 2 rings (SSSR count). The highest BCUT2D eigenvalue weighted by molar-refractivity contribution is 6.06. The topological polar surface area (TPSA) is 56.1 Å². The van der Waals surface area contributed by atoms with Gasteiger partial charge in [0.2, 0.25) is 0 Å². The minimum atomic E-state index is -0.337. The fourth-order valence-electron chi connectivity index (χ4n) is 2.45. The number of para-hydroxylation sites is 1. The van der Waals surface area contributed by atoms with Crippen molar-refractivity contribution < 1.29 is 4.79 Å². The summed E-state index contributed by atoms with van der Waals surface area (Å²) in [4.78, 5) is 14.3. The Labute approximate surface area is 126 Å². The molecular weight excluding hydrogens is 262 g/mol. The molecule has 0 bridgehead atoms. The van der Waals surface area contributed by atoms with Crippen LogP contribution in [0.4, 0.5) is 5.69 Å². The van der Waals surface area contributed by atoms with Crippen LogP contribution in [0.1, 0.15) is 31.2 Å². The van der Waals surface area contributed by atoms with E-state index in [0.29, 0.717) is 0 Å². The molecule has 1 heterocycles. The number of hydrogen-bond acceptors (Lipinski definition) is 3. The van der Waals surface area contributed by atoms with Crippen molar-refractivity contribution in [3.63, 3.8) is 0 Å². The Bertz CT molecular complexity index is 564. The predicted octanol–water partition coefficient (Wildman–Crippen LogP) is 3.22. The number of nitrogens with one attached hydrogen (secondary N) is 1. The highest BCUT2D eigenvalue weighted by atomic mass is 16.1. The van der Waals surface area contributed by atoms with Gasteiger partial charge < -0.3 is 10.2 Å². The van der Waals surface area contributed by atoms with E-state index in [-0.39, 0.29) is 11.5 Å². The third-order valence-corrected chi connectivity index (χ3v) is 3.71. The quantitative estimate of drug-likeness (QED) is 0.684. The number of benzene rings is 1. The van der Waals surface area contributed by atoms with Gasteiger partial charge in [-0.1, -0.05) is 31.0 Å². The average Bonchev–Trinajstić information content (AvgIpc) is 2.75. The predicted molar refractivity (Wildman–Crippen MR) is 83.5 cm³/mol. The summed E-state index contributed by atoms with van der Waals surface area (Å²) in [5.74, 6) is -0.337. The zero-order valence-corrected chi connectivity index (χ0v) is 12.4. The highest BCUT2D eigenvalue weighted by Crippen LogP contribution is 2.15. The van der Waals surface area contributed by atoms with Crippen LogP contribution in [0.3, 0.4) is 0 Å². The van der Waals surface area contributed by atoms with Gasteiger partial charge in [-0.05, 0) is 31.4 Å². The van der Waals surface area contributed by atoms with Crippen LogP contribution < -0.4 is 5.32 Å². The van der Waals surface area contributed by atoms with E-state index in [2.05, 4.69) is 10.2 Å². The van der Waals surface area contributed by atoms with Crippen molar-refractivity contribution in [1.82, 2.24) is 4.90 Å². The smallest absolute Gasteiger partial charge is 0.267 e. The van der Waals surface area contributed by atoms with Gasteiger partial charge in [0.25, 0.3) is 5.91 Å². The summed E-state index contributed by atoms with van der Waals surface area (Å²) < 4.78 is 0. The second-order valence-corrected chi connectivity index (χ2v) is 5.37. The SMILES string of the molecule is Cc1ccccc1NC(=O)/C(C#N)=C\N1CCCCCC1. The molecule has 1 amide bonds. The van der Waals surface area contributed by atoms with Gasteiger partial charge in [0, 0.05) is 25.0 Å². The molecule has 21 heavy (non-hydrogen) atoms. The molecule has 1 aromatic rings. The van der Waals surface area contributed by atoms with Gasteiger partial charge in [0.1, 0.15) is 11.6 Å². The van der Waals surface area contributed by atoms with Gasteiger partial charge in [-0.15, -0.1) is 0 Å². The van der Waals surface area contributed by atoms with Crippen LogP contribution in [0.15, 0.2) is 36.0 Å². The first-order valence-electron chi connectivity index (χ1n) is 7.43. The van der Waals surface area contributed by atoms with Crippen LogP contribution in [0, 0.1) is 18.3 Å². The number of nitriles is 1. The molecule has 0 atom stereocenters. The molecule has 1 aromatic carbocycles. The van der Waals surface area contributed by atoms with E-state index in [1.54, 1.807) is 6.20 Å². The molecule has 0 spiro atoms. The van der Waals surface area contributed by atoms with Gasteiger partial charge in [-0.2, -0.15) is 5.26 Å². The van der Waals surface area contributed by atoms with Crippen molar-refractivity contribution >= 4 is 11.6 Å². The maximum absolute atomic E-state index is 12.2. The number of amides is 1. The normalized spacial score (nSPS) is 16.0. The van der Waals surface area contributed by atoms with Crippen LogP contribution in [-0.4, -0.2) is 23.9 Å². The minimum absolute atomic E-state index is 0.167. The minimum Gasteiger partial charge on any atom is -0.376 e. The number of rotatable bonds is 3. The molecule has 0 aromatic heterocycles. The van der Waals surface area contributed by atoms with Crippen LogP contribution >= 0.6 is 0 Å². The standard InChI is InChI=1S/C17H21N3O/c1-14-8-4-5-9-16(14)19-17(21)15(12-18)13-20-10-6-2-3-7-11-20/h4-5,8-9,13H,2-3,6-7,10-11H2,1H3,(H,19,21)/b15-13-. The molecule has 0 saturated carbocycles. The molecule has 0 unspecified atom stereocenters. The largest absolute Gasteiger partial charge is 0.376 e. The van der Waals surface area contributed by atoms with Gasteiger partial charge in [0.05, 0.1) is 0 Å². The van der Waals surface area contributed by atoms with Gasteiger partial charge in [0.15, 0.2) is 0 Å². The summed E-state index contributed by atoms with van der Waals surface area (Å²) in [5, 5.41) is 12.0. The molecule has 1 saturated heterocycles. The number of likely N-dealkylation sites (tertiary alicyclic amines) is 1. The van der Waals surface area contributed by atoms with Crippen LogP contribution in [0.2, 0.25) is 0 Å². The van der Waals surface area contributed by atoms with Crippen molar-refractivity contribution in [3.8, 4) is 6.07 Å². The first-order valence-corrected chi connectivity index (χ1v) is 7.43. The van der Waals surface area contributed by atoms with E-state index in [4.69, 9.17) is 0 Å². The van der Waals surface area contributed by atoms with Crippen molar-refractivity contribution in [1.29, 1.82) is 5.26 Å². The third-order valence-electron chi connectivity index (χ3n) is 3.71. The number of nitrogens with zero attached hydrogens (tertiary/aromatic N) is 2. The third kappa shape index (κ3) is 4.35. The first kappa shape index (κ1) is 15.1. The molecule has 1 aliphatic heterocycles. The van der Waals surface area contributed by atoms with Crippen LogP contribution in [0.5, 0.6) is 0 Å². The lowest BCUT2D eigenvalue weighted by atomic mass is 10.2. The lowest BCUT2D eigenvalue weighted by molar-refractivity contribution is -0.112. The Morgan fingerprint density at radius 2 is 1.90 bits per heavy atom. The molecule has 0 radical (unpaired) electrons. The maximum atomic E-state index is 12.2. The molecule has 0 aliphatic carbocycles. The zero-order chi connectivity index (χ0) is 15.1. The Kier molecular flexibility index (Phi) is 5.39. The van der Waals surface area contributed by atoms with Gasteiger partial charge in [-0.3, -0.25) is 4.79 Å². The second-order valence-electron chi connectivity index (χ2n) is 5.37. The zero-order valence-electron chi connectivity index (χ0n) is 12.4. The summed E-state index contributed by atoms with van der Waals surface area (Å²) >= 11 is 0. The number of hydrogen-bond donors (Lipinski definition) is 1. The second kappa shape index (κ2) is 7.49. The molecular formula is C17H21N3O. The Hall–Kier alpha value is -2.28. The van der Waals surface area contributed by atoms with Gasteiger partial charge >= 0.3 is 0 Å². The Morgan fingerprint density at radius 1 is 1.24 bits per heavy atom. The number of carbonyl (C=O) groups is 1. The molecule has 4 nitrogen and oxygen atoms in total. The summed E-state index contributed by atoms with van der Waals surface area (Å²) in [6.07, 6.45) is 6.39. The van der Waals surface area contributed by atoms with E-state index < -0.39 is 0 Å². The summed E-state index contributed by atoms with van der Waals surface area (Å²) in [6, 6.07) is 9.58. The molecule has 1 aliphatic rings. The summed E-state index contributed by atoms with van der Waals surface area (Å²) in [6.45, 7) is 3.77. The van der Waals surface area contributed by atoms with Crippen molar-refractivity contribution in [3.05, 3.63) is 41.6 Å². The molecule has 110 valence electrons. The van der Waals surface area contributed by atoms with E-state index in [1.807, 2.05) is 37.3 Å². The fourth-order valence-corrected chi connectivity index (χ4v) is 2.45. The van der Waals surface area contributed by atoms with Crippen LogP contribution in [-0.2, 0) is 4.79 Å². The van der Waals surface area contributed by atoms with Crippen molar-refractivity contribution in [2.75, 3.05) is 18.4 Å². The molecule has 1 fully saturated rings. The van der Waals surface area contributed by atoms with Crippen LogP contribution in [0.25, 0.3) is 0 Å². The number of aryl methyl sites for hydroxylation is 1. The fraction of sp³-hybridized carbons (Fsp3) is 0.412. The molecule has 4 heteroatoms. The van der Waals surface area contributed by atoms with Crippen molar-refractivity contribution in [2.24, 2.45) is 0 Å². The first-order chi connectivity index (χ1) is 10.2. The van der Waals surface area contributed by atoms with E-state index in [9.17, 15) is 10.1 Å². The summed E-state index contributed by atoms with van der Waals surface area (Å²) in [5.41, 5.74) is 1.90. The lowest BCUT2D eigenvalue weighted by Gasteiger charge is -2.17. The molecule has 1 N–H and O–H groups in total. The number of carbonyl (C=O) groups excluding carboxylic acids is 1. The summed E-state index contributed by atoms with van der Waals surface area (Å²) in [7, 11) is 0. The van der Waals surface area contributed by atoms with Crippen molar-refractivity contribution in [2.45, 2.75) is 32.6 Å². The van der Waals surface area contributed by atoms with Gasteiger partial charge in [-0.25, -0.2) is 0 Å².